The van der Waals surface area contributed by atoms with E-state index in [9.17, 15) is 9.59 Å². The number of ether oxygens (including phenoxy) is 2. The number of hydrogen-bond acceptors (Lipinski definition) is 5. The zero-order valence-electron chi connectivity index (χ0n) is 11.0. The Morgan fingerprint density at radius 2 is 2.33 bits per heavy atom. The number of carbonyl (C=O) groups is 2. The normalized spacial score (nSPS) is 18.7. The minimum Gasteiger partial charge on any atom is -0.466 e. The molecule has 1 aliphatic rings. The molecule has 0 aromatic rings. The van der Waals surface area contributed by atoms with Crippen molar-refractivity contribution in [3.05, 3.63) is 0 Å². The van der Waals surface area contributed by atoms with E-state index in [2.05, 4.69) is 6.92 Å². The SMILES string of the molecule is CCCCOC(=O)CCSCCC1CCC(=O)O1. The highest BCUT2D eigenvalue weighted by Gasteiger charge is 2.22. The van der Waals surface area contributed by atoms with Crippen LogP contribution in [0.25, 0.3) is 0 Å². The van der Waals surface area contributed by atoms with Gasteiger partial charge in [-0.2, -0.15) is 11.8 Å². The van der Waals surface area contributed by atoms with E-state index in [0.717, 1.165) is 37.2 Å². The van der Waals surface area contributed by atoms with Gasteiger partial charge in [0.1, 0.15) is 6.10 Å². The van der Waals surface area contributed by atoms with Crippen molar-refractivity contribution < 1.29 is 19.1 Å². The number of unbranched alkanes of at least 4 members (excludes halogenated alkanes) is 1. The number of rotatable bonds is 9. The fourth-order valence-corrected chi connectivity index (χ4v) is 2.61. The van der Waals surface area contributed by atoms with Gasteiger partial charge in [0.05, 0.1) is 13.0 Å². The van der Waals surface area contributed by atoms with Crippen molar-refractivity contribution >= 4 is 23.7 Å². The van der Waals surface area contributed by atoms with E-state index in [0.29, 0.717) is 19.4 Å². The van der Waals surface area contributed by atoms with Gasteiger partial charge in [-0.3, -0.25) is 9.59 Å². The van der Waals surface area contributed by atoms with E-state index < -0.39 is 0 Å². The zero-order valence-corrected chi connectivity index (χ0v) is 11.8. The third kappa shape index (κ3) is 6.89. The maximum absolute atomic E-state index is 11.3. The summed E-state index contributed by atoms with van der Waals surface area (Å²) in [6.45, 7) is 2.61. The summed E-state index contributed by atoms with van der Waals surface area (Å²) in [4.78, 5) is 22.1. The Hall–Kier alpha value is -0.710. The number of thioether (sulfide) groups is 1. The lowest BCUT2D eigenvalue weighted by molar-refractivity contribution is -0.143. The minimum atomic E-state index is -0.108. The van der Waals surface area contributed by atoms with E-state index in [1.807, 2.05) is 0 Å². The van der Waals surface area contributed by atoms with Crippen LogP contribution in [0.2, 0.25) is 0 Å². The molecule has 1 atom stereocenters. The Bertz CT molecular complexity index is 268. The summed E-state index contributed by atoms with van der Waals surface area (Å²) < 4.78 is 10.2. The monoisotopic (exact) mass is 274 g/mol. The molecule has 0 aromatic carbocycles. The molecule has 0 amide bonds. The van der Waals surface area contributed by atoms with E-state index >= 15 is 0 Å². The van der Waals surface area contributed by atoms with Crippen LogP contribution in [0, 0.1) is 0 Å². The average Bonchev–Trinajstić information content (AvgIpc) is 2.75. The van der Waals surface area contributed by atoms with Crippen LogP contribution in [0.15, 0.2) is 0 Å². The van der Waals surface area contributed by atoms with Gasteiger partial charge in [-0.05, 0) is 25.0 Å². The van der Waals surface area contributed by atoms with Crippen LogP contribution in [-0.2, 0) is 19.1 Å². The van der Waals surface area contributed by atoms with Gasteiger partial charge in [0.15, 0.2) is 0 Å². The van der Waals surface area contributed by atoms with Crippen molar-refractivity contribution in [3.8, 4) is 0 Å². The van der Waals surface area contributed by atoms with Gasteiger partial charge in [-0.1, -0.05) is 13.3 Å². The van der Waals surface area contributed by atoms with E-state index in [1.54, 1.807) is 11.8 Å². The maximum Gasteiger partial charge on any atom is 0.306 e. The molecule has 0 spiro atoms. The molecule has 1 heterocycles. The average molecular weight is 274 g/mol. The van der Waals surface area contributed by atoms with Gasteiger partial charge in [-0.25, -0.2) is 0 Å². The summed E-state index contributed by atoms with van der Waals surface area (Å²) in [6, 6.07) is 0. The van der Waals surface area contributed by atoms with Gasteiger partial charge < -0.3 is 9.47 Å². The Balaban J connectivity index is 1.89. The Kier molecular flexibility index (Phi) is 7.89. The van der Waals surface area contributed by atoms with Crippen molar-refractivity contribution in [2.45, 2.75) is 51.6 Å². The van der Waals surface area contributed by atoms with Crippen LogP contribution >= 0.6 is 11.8 Å². The largest absolute Gasteiger partial charge is 0.466 e. The molecule has 104 valence electrons. The fourth-order valence-electron chi connectivity index (χ4n) is 1.66. The molecular weight excluding hydrogens is 252 g/mol. The second kappa shape index (κ2) is 9.25. The molecule has 0 aliphatic carbocycles. The standard InChI is InChI=1S/C13H22O4S/c1-2-3-8-16-12(14)7-10-18-9-6-11-4-5-13(15)17-11/h11H,2-10H2,1H3. The number of hydrogen-bond donors (Lipinski definition) is 0. The molecule has 1 aliphatic heterocycles. The van der Waals surface area contributed by atoms with Crippen molar-refractivity contribution in [1.29, 1.82) is 0 Å². The molecule has 0 radical (unpaired) electrons. The van der Waals surface area contributed by atoms with Crippen LogP contribution in [0.3, 0.4) is 0 Å². The number of cyclic esters (lactones) is 1. The quantitative estimate of drug-likeness (QED) is 0.478. The molecule has 0 bridgehead atoms. The maximum atomic E-state index is 11.3. The Morgan fingerprint density at radius 1 is 1.50 bits per heavy atom. The molecular formula is C13H22O4S. The molecule has 0 saturated carbocycles. The molecule has 1 fully saturated rings. The topological polar surface area (TPSA) is 52.6 Å². The summed E-state index contributed by atoms with van der Waals surface area (Å²) in [5.74, 6) is 1.53. The third-order valence-electron chi connectivity index (χ3n) is 2.76. The van der Waals surface area contributed by atoms with Crippen molar-refractivity contribution in [3.63, 3.8) is 0 Å². The smallest absolute Gasteiger partial charge is 0.306 e. The Morgan fingerprint density at radius 3 is 3.00 bits per heavy atom. The molecule has 4 nitrogen and oxygen atoms in total. The third-order valence-corrected chi connectivity index (χ3v) is 3.78. The summed E-state index contributed by atoms with van der Waals surface area (Å²) in [7, 11) is 0. The van der Waals surface area contributed by atoms with Crippen molar-refractivity contribution in [2.75, 3.05) is 18.1 Å². The molecule has 1 unspecified atom stereocenters. The lowest BCUT2D eigenvalue weighted by Crippen LogP contribution is -2.09. The fraction of sp³-hybridized carbons (Fsp3) is 0.846. The first-order valence-corrected chi connectivity index (χ1v) is 7.80. The first kappa shape index (κ1) is 15.3. The summed E-state index contributed by atoms with van der Waals surface area (Å²) >= 11 is 1.72. The minimum absolute atomic E-state index is 0.0792. The van der Waals surface area contributed by atoms with Crippen LogP contribution < -0.4 is 0 Å². The highest BCUT2D eigenvalue weighted by Crippen LogP contribution is 2.19. The van der Waals surface area contributed by atoms with Crippen molar-refractivity contribution in [2.24, 2.45) is 0 Å². The zero-order chi connectivity index (χ0) is 13.2. The van der Waals surface area contributed by atoms with Crippen molar-refractivity contribution in [1.82, 2.24) is 0 Å². The number of carbonyl (C=O) groups excluding carboxylic acids is 2. The molecule has 0 aromatic heterocycles. The van der Waals surface area contributed by atoms with Crippen LogP contribution in [0.1, 0.15) is 45.4 Å². The Labute approximate surface area is 113 Å². The van der Waals surface area contributed by atoms with Gasteiger partial charge in [0.2, 0.25) is 0 Å². The predicted molar refractivity (Wildman–Crippen MR) is 71.5 cm³/mol. The van der Waals surface area contributed by atoms with Crippen LogP contribution in [-0.4, -0.2) is 36.2 Å². The van der Waals surface area contributed by atoms with Gasteiger partial charge in [0.25, 0.3) is 0 Å². The highest BCUT2D eigenvalue weighted by molar-refractivity contribution is 7.99. The lowest BCUT2D eigenvalue weighted by atomic mass is 10.2. The lowest BCUT2D eigenvalue weighted by Gasteiger charge is -2.08. The van der Waals surface area contributed by atoms with E-state index in [4.69, 9.17) is 9.47 Å². The van der Waals surface area contributed by atoms with E-state index in [1.165, 1.54) is 0 Å². The molecule has 1 rings (SSSR count). The molecule has 0 N–H and O–H groups in total. The van der Waals surface area contributed by atoms with Gasteiger partial charge in [-0.15, -0.1) is 0 Å². The van der Waals surface area contributed by atoms with Gasteiger partial charge in [0, 0.05) is 12.2 Å². The first-order valence-electron chi connectivity index (χ1n) is 6.65. The first-order chi connectivity index (χ1) is 8.72. The van der Waals surface area contributed by atoms with Gasteiger partial charge >= 0.3 is 11.9 Å². The molecule has 18 heavy (non-hydrogen) atoms. The number of esters is 2. The summed E-state index contributed by atoms with van der Waals surface area (Å²) in [5.41, 5.74) is 0. The van der Waals surface area contributed by atoms with E-state index in [-0.39, 0.29) is 18.0 Å². The van der Waals surface area contributed by atoms with Crippen LogP contribution in [0.5, 0.6) is 0 Å². The molecule has 5 heteroatoms. The second-order valence-electron chi connectivity index (χ2n) is 4.38. The summed E-state index contributed by atoms with van der Waals surface area (Å²) in [5, 5.41) is 0. The van der Waals surface area contributed by atoms with Crippen LogP contribution in [0.4, 0.5) is 0 Å². The molecule has 1 saturated heterocycles. The predicted octanol–water partition coefficient (Wildman–Crippen LogP) is 2.55. The second-order valence-corrected chi connectivity index (χ2v) is 5.60. The highest BCUT2D eigenvalue weighted by atomic mass is 32.2. The summed E-state index contributed by atoms with van der Waals surface area (Å²) in [6.07, 6.45) is 4.84.